The molecule has 2 aromatic rings. The molecule has 0 unspecified atom stereocenters. The van der Waals surface area contributed by atoms with Crippen LogP contribution in [0.1, 0.15) is 0 Å². The third-order valence-electron chi connectivity index (χ3n) is 2.99. The summed E-state index contributed by atoms with van der Waals surface area (Å²) < 4.78 is 42.8. The Hall–Kier alpha value is -2.74. The smallest absolute Gasteiger partial charge is 0.430 e. The summed E-state index contributed by atoms with van der Waals surface area (Å²) in [5, 5.41) is 16.9. The summed E-state index contributed by atoms with van der Waals surface area (Å²) in [6, 6.07) is 7.85. The summed E-state index contributed by atoms with van der Waals surface area (Å²) in [4.78, 5) is 2.73. The van der Waals surface area contributed by atoms with Crippen LogP contribution in [-0.2, 0) is 10.1 Å². The lowest BCUT2D eigenvalue weighted by atomic mass is 10.2. The average Bonchev–Trinajstić information content (AvgIpc) is 2.58. The van der Waals surface area contributed by atoms with E-state index in [1.807, 2.05) is 0 Å². The summed E-state index contributed by atoms with van der Waals surface area (Å²) in [7, 11) is -1.69. The Morgan fingerprint density at radius 2 is 1.64 bits per heavy atom. The van der Waals surface area contributed by atoms with E-state index in [0.717, 1.165) is 12.1 Å². The lowest BCUT2D eigenvalue weighted by Gasteiger charge is -2.06. The number of hydrogen-bond donors (Lipinski definition) is 0. The molecule has 0 aliphatic carbocycles. The second-order valence-electron chi connectivity index (χ2n) is 4.44. The quantitative estimate of drug-likeness (QED) is 0.436. The van der Waals surface area contributed by atoms with Crippen LogP contribution in [0.4, 0.5) is 17.1 Å². The van der Waals surface area contributed by atoms with E-state index >= 15 is 0 Å². The zero-order valence-corrected chi connectivity index (χ0v) is 14.7. The van der Waals surface area contributed by atoms with Crippen molar-refractivity contribution in [2.45, 2.75) is 4.90 Å². The minimum Gasteiger partial charge on any atom is -0.744 e. The van der Waals surface area contributed by atoms with Crippen molar-refractivity contribution in [1.29, 1.82) is 5.39 Å². The van der Waals surface area contributed by atoms with Gasteiger partial charge in [0.2, 0.25) is 11.1 Å². The van der Waals surface area contributed by atoms with Gasteiger partial charge in [0.1, 0.15) is 15.8 Å². The van der Waals surface area contributed by atoms with Crippen molar-refractivity contribution in [1.82, 2.24) is 0 Å². The van der Waals surface area contributed by atoms with Gasteiger partial charge in [0, 0.05) is 6.07 Å². The first-order chi connectivity index (χ1) is 11.4. The van der Waals surface area contributed by atoms with Gasteiger partial charge in [-0.1, -0.05) is 0 Å². The molecule has 0 heterocycles. The first kappa shape index (κ1) is 20.3. The van der Waals surface area contributed by atoms with Crippen LogP contribution >= 0.6 is 12.4 Å². The highest BCUT2D eigenvalue weighted by Gasteiger charge is 2.20. The molecule has 0 saturated heterocycles. The first-order valence-electron chi connectivity index (χ1n) is 6.48. The van der Waals surface area contributed by atoms with E-state index < -0.39 is 10.1 Å². The van der Waals surface area contributed by atoms with Crippen LogP contribution in [0.25, 0.3) is 4.98 Å². The molecule has 0 aliphatic rings. The van der Waals surface area contributed by atoms with Crippen molar-refractivity contribution in [3.05, 3.63) is 41.4 Å². The molecule has 11 heteroatoms. The number of methoxy groups -OCH3 is 2. The third kappa shape index (κ3) is 4.87. The highest BCUT2D eigenvalue weighted by atomic mass is 35.5. The van der Waals surface area contributed by atoms with Crippen LogP contribution in [0.3, 0.4) is 0 Å². The van der Waals surface area contributed by atoms with Gasteiger partial charge in [-0.3, -0.25) is 0 Å². The van der Waals surface area contributed by atoms with Gasteiger partial charge in [0.05, 0.1) is 30.9 Å². The average molecular weight is 385 g/mol. The van der Waals surface area contributed by atoms with Crippen molar-refractivity contribution < 1.29 is 22.4 Å². The molecule has 0 aliphatic heterocycles. The number of nitrogens with zero attached hydrogens (tertiary/aromatic N) is 4. The molecule has 0 atom stereocenters. The zero-order chi connectivity index (χ0) is 17.7. The number of hydrogen-bond acceptors (Lipinski definition) is 8. The molecule has 0 aromatic heterocycles. The monoisotopic (exact) mass is 384 g/mol. The SMILES string of the molecule is COc1cc([N+]#N)c(OC)cc1N=Nc1ccc(S(=O)(=O)[O-])cc1.Cl. The molecular formula is C14H13ClN4O5S. The van der Waals surface area contributed by atoms with Crippen LogP contribution in [0.15, 0.2) is 51.5 Å². The Morgan fingerprint density at radius 3 is 2.12 bits per heavy atom. The van der Waals surface area contributed by atoms with Gasteiger partial charge in [0.15, 0.2) is 10.7 Å². The van der Waals surface area contributed by atoms with Crippen LogP contribution in [-0.4, -0.2) is 27.2 Å². The molecular weight excluding hydrogens is 372 g/mol. The van der Waals surface area contributed by atoms with Gasteiger partial charge < -0.3 is 14.0 Å². The van der Waals surface area contributed by atoms with E-state index in [1.54, 1.807) is 0 Å². The normalized spacial score (nSPS) is 10.8. The maximum atomic E-state index is 10.9. The summed E-state index contributed by atoms with van der Waals surface area (Å²) in [5.41, 5.74) is 0.805. The van der Waals surface area contributed by atoms with Gasteiger partial charge in [-0.2, -0.15) is 5.11 Å². The van der Waals surface area contributed by atoms with Gasteiger partial charge in [0.25, 0.3) is 0 Å². The van der Waals surface area contributed by atoms with Crippen molar-refractivity contribution in [3.8, 4) is 11.5 Å². The van der Waals surface area contributed by atoms with Gasteiger partial charge in [-0.25, -0.2) is 8.42 Å². The van der Waals surface area contributed by atoms with Crippen LogP contribution in [0, 0.1) is 5.39 Å². The largest absolute Gasteiger partial charge is 0.744 e. The molecule has 0 spiro atoms. The highest BCUT2D eigenvalue weighted by Crippen LogP contribution is 2.40. The third-order valence-corrected chi connectivity index (χ3v) is 3.84. The van der Waals surface area contributed by atoms with Crippen molar-refractivity contribution in [3.63, 3.8) is 0 Å². The van der Waals surface area contributed by atoms with Crippen molar-refractivity contribution in [2.75, 3.05) is 14.2 Å². The Labute approximate surface area is 150 Å². The zero-order valence-electron chi connectivity index (χ0n) is 13.1. The van der Waals surface area contributed by atoms with Gasteiger partial charge >= 0.3 is 5.69 Å². The second kappa shape index (κ2) is 8.39. The number of rotatable bonds is 5. The molecule has 9 nitrogen and oxygen atoms in total. The summed E-state index contributed by atoms with van der Waals surface area (Å²) in [5.74, 6) is 0.561. The van der Waals surface area contributed by atoms with E-state index in [2.05, 4.69) is 15.2 Å². The standard InChI is InChI=1S/C14H12N4O5S.ClH/c1-22-13-8-12(14(23-2)7-11(13)16-15)18-17-9-3-5-10(6-4-9)24(19,20)21;/h3-8H,1-2H3;1H. The van der Waals surface area contributed by atoms with E-state index in [4.69, 9.17) is 14.9 Å². The number of diazo groups is 1. The predicted molar refractivity (Wildman–Crippen MR) is 90.1 cm³/mol. The lowest BCUT2D eigenvalue weighted by Crippen LogP contribution is -1.97. The molecule has 2 aromatic carbocycles. The minimum atomic E-state index is -4.51. The number of azo groups is 1. The maximum Gasteiger partial charge on any atom is 0.430 e. The Kier molecular flexibility index (Phi) is 6.81. The molecule has 0 amide bonds. The van der Waals surface area contributed by atoms with E-state index in [9.17, 15) is 13.0 Å². The molecule has 2 rings (SSSR count). The minimum absolute atomic E-state index is 0. The molecule has 0 saturated carbocycles. The van der Waals surface area contributed by atoms with Crippen LogP contribution < -0.4 is 9.47 Å². The maximum absolute atomic E-state index is 10.9. The number of ether oxygens (including phenoxy) is 2. The van der Waals surface area contributed by atoms with Gasteiger partial charge in [-0.05, 0) is 24.3 Å². The highest BCUT2D eigenvalue weighted by molar-refractivity contribution is 7.85. The van der Waals surface area contributed by atoms with E-state index in [0.29, 0.717) is 17.1 Å². The van der Waals surface area contributed by atoms with Gasteiger partial charge in [-0.15, -0.1) is 17.5 Å². The van der Waals surface area contributed by atoms with Crippen molar-refractivity contribution >= 4 is 39.6 Å². The van der Waals surface area contributed by atoms with Crippen LogP contribution in [0.2, 0.25) is 0 Å². The van der Waals surface area contributed by atoms with Crippen molar-refractivity contribution in [2.24, 2.45) is 10.2 Å². The fourth-order valence-corrected chi connectivity index (χ4v) is 2.28. The molecule has 25 heavy (non-hydrogen) atoms. The Bertz CT molecular complexity index is 923. The molecule has 0 N–H and O–H groups in total. The summed E-state index contributed by atoms with van der Waals surface area (Å²) in [6.07, 6.45) is 0. The molecule has 0 fully saturated rings. The number of halogens is 1. The lowest BCUT2D eigenvalue weighted by molar-refractivity contribution is 0.406. The molecule has 0 radical (unpaired) electrons. The van der Waals surface area contributed by atoms with E-state index in [1.165, 1.54) is 38.5 Å². The Balaban J connectivity index is 0.00000312. The molecule has 132 valence electrons. The first-order valence-corrected chi connectivity index (χ1v) is 7.88. The molecule has 0 bridgehead atoms. The Morgan fingerprint density at radius 1 is 1.04 bits per heavy atom. The van der Waals surface area contributed by atoms with E-state index in [-0.39, 0.29) is 28.7 Å². The fraction of sp³-hybridized carbons (Fsp3) is 0.143. The second-order valence-corrected chi connectivity index (χ2v) is 5.82. The van der Waals surface area contributed by atoms with Crippen LogP contribution in [0.5, 0.6) is 11.5 Å². The predicted octanol–water partition coefficient (Wildman–Crippen LogP) is 3.93. The number of benzene rings is 2. The summed E-state index contributed by atoms with van der Waals surface area (Å²) in [6.45, 7) is 0. The topological polar surface area (TPSA) is 129 Å². The summed E-state index contributed by atoms with van der Waals surface area (Å²) >= 11 is 0. The fourth-order valence-electron chi connectivity index (χ4n) is 1.81.